The summed E-state index contributed by atoms with van der Waals surface area (Å²) in [6, 6.07) is 5.99. The van der Waals surface area contributed by atoms with Gasteiger partial charge in [0.2, 0.25) is 0 Å². The van der Waals surface area contributed by atoms with Crippen LogP contribution in [0.1, 0.15) is 12.5 Å². The zero-order valence-corrected chi connectivity index (χ0v) is 12.5. The normalized spacial score (nSPS) is 18.0. The van der Waals surface area contributed by atoms with E-state index in [1.165, 1.54) is 5.57 Å². The van der Waals surface area contributed by atoms with Gasteiger partial charge >= 0.3 is 0 Å². The van der Waals surface area contributed by atoms with Crippen molar-refractivity contribution in [2.24, 2.45) is 4.99 Å². The van der Waals surface area contributed by atoms with Crippen LogP contribution in [-0.4, -0.2) is 24.8 Å². The molecule has 0 fully saturated rings. The maximum Gasteiger partial charge on any atom is 0.119 e. The van der Waals surface area contributed by atoms with E-state index in [1.54, 1.807) is 7.11 Å². The summed E-state index contributed by atoms with van der Waals surface area (Å²) < 4.78 is 5.31. The van der Waals surface area contributed by atoms with Crippen molar-refractivity contribution >= 4 is 17.0 Å². The zero-order chi connectivity index (χ0) is 14.8. The summed E-state index contributed by atoms with van der Waals surface area (Å²) in [5.41, 5.74) is 5.50. The molecule has 0 unspecified atom stereocenters. The molecule has 0 radical (unpaired) electrons. The average Bonchev–Trinajstić information content (AvgIpc) is 2.81. The average molecular weight is 278 g/mol. The van der Waals surface area contributed by atoms with Gasteiger partial charge in [-0.25, -0.2) is 0 Å². The molecule has 0 amide bonds. The van der Waals surface area contributed by atoms with Crippen LogP contribution in [0.5, 0.6) is 5.75 Å². The highest BCUT2D eigenvalue weighted by Crippen LogP contribution is 2.37. The minimum atomic E-state index is 0.858. The summed E-state index contributed by atoms with van der Waals surface area (Å²) in [4.78, 5) is 6.62. The lowest BCUT2D eigenvalue weighted by atomic mass is 10.0. The molecule has 21 heavy (non-hydrogen) atoms. The Morgan fingerprint density at radius 1 is 1.14 bits per heavy atom. The van der Waals surface area contributed by atoms with Gasteiger partial charge in [-0.1, -0.05) is 12.2 Å². The van der Waals surface area contributed by atoms with Gasteiger partial charge in [0.15, 0.2) is 0 Å². The molecule has 0 aromatic heterocycles. The second-order valence-electron chi connectivity index (χ2n) is 5.12. The molecule has 0 bridgehead atoms. The second-order valence-corrected chi connectivity index (χ2v) is 5.12. The van der Waals surface area contributed by atoms with E-state index < -0.39 is 0 Å². The van der Waals surface area contributed by atoms with E-state index in [-0.39, 0.29) is 0 Å². The molecule has 106 valence electrons. The number of hydrogen-bond acceptors (Lipinski definition) is 3. The van der Waals surface area contributed by atoms with Crippen LogP contribution >= 0.6 is 0 Å². The van der Waals surface area contributed by atoms with Gasteiger partial charge < -0.3 is 9.64 Å². The first-order chi connectivity index (χ1) is 10.2. The number of hydrogen-bond donors (Lipinski definition) is 0. The standard InChI is InChI=1S/C18H18N2O/c1-13-16(6-4-14-8-10-20(2)11-9-14)17-12-15(21-3)5-7-18(17)19-13/h4-12H,1-3H3/b16-6-. The Bertz CT molecular complexity index is 705. The zero-order valence-electron chi connectivity index (χ0n) is 12.5. The smallest absolute Gasteiger partial charge is 0.119 e. The molecule has 0 saturated carbocycles. The highest BCUT2D eigenvalue weighted by atomic mass is 16.5. The van der Waals surface area contributed by atoms with Crippen molar-refractivity contribution in [1.82, 2.24) is 4.90 Å². The third kappa shape index (κ3) is 2.68. The van der Waals surface area contributed by atoms with Gasteiger partial charge in [-0.05, 0) is 42.8 Å². The van der Waals surface area contributed by atoms with E-state index in [0.29, 0.717) is 0 Å². The first-order valence-corrected chi connectivity index (χ1v) is 6.92. The van der Waals surface area contributed by atoms with Gasteiger partial charge in [0.25, 0.3) is 0 Å². The highest BCUT2D eigenvalue weighted by Gasteiger charge is 2.17. The number of benzene rings is 1. The molecule has 2 aliphatic heterocycles. The fourth-order valence-electron chi connectivity index (χ4n) is 2.40. The van der Waals surface area contributed by atoms with Crippen molar-refractivity contribution in [3.63, 3.8) is 0 Å². The molecule has 1 aromatic rings. The summed E-state index contributed by atoms with van der Waals surface area (Å²) in [7, 11) is 3.70. The minimum Gasteiger partial charge on any atom is -0.497 e. The van der Waals surface area contributed by atoms with Crippen LogP contribution in [0, 0.1) is 0 Å². The summed E-state index contributed by atoms with van der Waals surface area (Å²) in [5, 5.41) is 0. The van der Waals surface area contributed by atoms with E-state index in [1.807, 2.05) is 49.5 Å². The van der Waals surface area contributed by atoms with Crippen molar-refractivity contribution in [3.8, 4) is 5.75 Å². The molecule has 0 spiro atoms. The number of aliphatic imine (C=N–C) groups is 1. The number of nitrogens with zero attached hydrogens (tertiary/aromatic N) is 2. The van der Waals surface area contributed by atoms with E-state index in [2.05, 4.69) is 29.3 Å². The van der Waals surface area contributed by atoms with E-state index in [9.17, 15) is 0 Å². The number of allylic oxidation sites excluding steroid dienone is 6. The molecule has 2 aliphatic rings. The Morgan fingerprint density at radius 3 is 2.62 bits per heavy atom. The Hall–Kier alpha value is -2.55. The summed E-state index contributed by atoms with van der Waals surface area (Å²) in [5.74, 6) is 0.858. The van der Waals surface area contributed by atoms with Crippen LogP contribution in [0.4, 0.5) is 5.69 Å². The lowest BCUT2D eigenvalue weighted by Crippen LogP contribution is -2.02. The van der Waals surface area contributed by atoms with Crippen molar-refractivity contribution in [2.45, 2.75) is 6.92 Å². The largest absolute Gasteiger partial charge is 0.497 e. The third-order valence-electron chi connectivity index (χ3n) is 3.62. The van der Waals surface area contributed by atoms with Gasteiger partial charge in [0.1, 0.15) is 5.75 Å². The summed E-state index contributed by atoms with van der Waals surface area (Å²) in [6.45, 7) is 2.04. The van der Waals surface area contributed by atoms with Crippen LogP contribution in [-0.2, 0) is 0 Å². The lowest BCUT2D eigenvalue weighted by Gasteiger charge is -2.11. The van der Waals surface area contributed by atoms with Gasteiger partial charge in [0.05, 0.1) is 12.8 Å². The maximum atomic E-state index is 5.31. The first kappa shape index (κ1) is 13.4. The van der Waals surface area contributed by atoms with E-state index >= 15 is 0 Å². The van der Waals surface area contributed by atoms with Crippen molar-refractivity contribution in [2.75, 3.05) is 14.2 Å². The molecule has 3 rings (SSSR count). The number of ether oxygens (including phenoxy) is 1. The van der Waals surface area contributed by atoms with Crippen LogP contribution < -0.4 is 4.74 Å². The maximum absolute atomic E-state index is 5.31. The molecule has 0 N–H and O–H groups in total. The third-order valence-corrected chi connectivity index (χ3v) is 3.62. The summed E-state index contributed by atoms with van der Waals surface area (Å²) in [6.07, 6.45) is 12.5. The minimum absolute atomic E-state index is 0.858. The molecule has 0 atom stereocenters. The predicted octanol–water partition coefficient (Wildman–Crippen LogP) is 4.08. The van der Waals surface area contributed by atoms with Crippen molar-refractivity contribution < 1.29 is 4.74 Å². The van der Waals surface area contributed by atoms with Gasteiger partial charge in [-0.2, -0.15) is 0 Å². The fraction of sp³-hybridized carbons (Fsp3) is 0.167. The predicted molar refractivity (Wildman–Crippen MR) is 87.9 cm³/mol. The number of rotatable bonds is 2. The van der Waals surface area contributed by atoms with Crippen molar-refractivity contribution in [1.29, 1.82) is 0 Å². The monoisotopic (exact) mass is 278 g/mol. The Kier molecular flexibility index (Phi) is 3.48. The molecule has 3 nitrogen and oxygen atoms in total. The lowest BCUT2D eigenvalue weighted by molar-refractivity contribution is 0.415. The molecule has 0 saturated heterocycles. The Balaban J connectivity index is 1.95. The van der Waals surface area contributed by atoms with E-state index in [0.717, 1.165) is 28.3 Å². The summed E-state index contributed by atoms with van der Waals surface area (Å²) >= 11 is 0. The Morgan fingerprint density at radius 2 is 1.90 bits per heavy atom. The fourth-order valence-corrected chi connectivity index (χ4v) is 2.40. The SMILES string of the molecule is COc1ccc2c(c1)/C(=C\C=C1C=CN(C)C=C1)C(C)=N2. The topological polar surface area (TPSA) is 24.8 Å². The van der Waals surface area contributed by atoms with Gasteiger partial charge in [-0.3, -0.25) is 4.99 Å². The number of fused-ring (bicyclic) bond motifs is 1. The van der Waals surface area contributed by atoms with Gasteiger partial charge in [0, 0.05) is 36.3 Å². The van der Waals surface area contributed by atoms with Crippen LogP contribution in [0.15, 0.2) is 65.5 Å². The first-order valence-electron chi connectivity index (χ1n) is 6.92. The quantitative estimate of drug-likeness (QED) is 0.814. The molecule has 1 aromatic carbocycles. The van der Waals surface area contributed by atoms with Crippen LogP contribution in [0.25, 0.3) is 5.57 Å². The molecular weight excluding hydrogens is 260 g/mol. The highest BCUT2D eigenvalue weighted by molar-refractivity contribution is 6.28. The van der Waals surface area contributed by atoms with Crippen molar-refractivity contribution in [3.05, 3.63) is 66.0 Å². The van der Waals surface area contributed by atoms with E-state index in [4.69, 9.17) is 4.74 Å². The van der Waals surface area contributed by atoms with Gasteiger partial charge in [-0.15, -0.1) is 0 Å². The molecule has 0 aliphatic carbocycles. The molecule has 2 heterocycles. The Labute approximate surface area is 125 Å². The second kappa shape index (κ2) is 5.44. The van der Waals surface area contributed by atoms with Crippen LogP contribution in [0.3, 0.4) is 0 Å². The van der Waals surface area contributed by atoms with Crippen LogP contribution in [0.2, 0.25) is 0 Å². The number of methoxy groups -OCH3 is 1. The molecular formula is C18H18N2O. The molecule has 3 heteroatoms.